The van der Waals surface area contributed by atoms with E-state index in [0.29, 0.717) is 30.0 Å². The Hall–Kier alpha value is -4.38. The minimum absolute atomic E-state index is 0.0806. The molecule has 0 aliphatic rings. The van der Waals surface area contributed by atoms with Crippen LogP contribution in [-0.2, 0) is 16.4 Å². The van der Waals surface area contributed by atoms with Crippen LogP contribution in [0.15, 0.2) is 84.1 Å². The summed E-state index contributed by atoms with van der Waals surface area (Å²) in [6.45, 7) is 4.59. The number of nitrogens with zero attached hydrogens (tertiary/aromatic N) is 3. The summed E-state index contributed by atoms with van der Waals surface area (Å²) in [5.74, 6) is -0.932. The monoisotopic (exact) mass is 578 g/mol. The van der Waals surface area contributed by atoms with Crippen LogP contribution < -0.4 is 14.2 Å². The number of pyridine rings is 3. The van der Waals surface area contributed by atoms with Gasteiger partial charge in [-0.2, -0.15) is 8.42 Å². The van der Waals surface area contributed by atoms with Crippen molar-refractivity contribution in [2.45, 2.75) is 38.1 Å². The number of sulfonamides is 1. The molecule has 0 unspecified atom stereocenters. The van der Waals surface area contributed by atoms with Gasteiger partial charge in [0, 0.05) is 29.7 Å². The normalized spacial score (nSPS) is 11.3. The van der Waals surface area contributed by atoms with Crippen LogP contribution in [0.5, 0.6) is 11.6 Å². The number of aromatic nitrogens is 3. The fourth-order valence-corrected chi connectivity index (χ4v) is 4.72. The molecule has 0 radical (unpaired) electrons. The van der Waals surface area contributed by atoms with Crippen molar-refractivity contribution in [3.05, 3.63) is 96.2 Å². The first-order valence-electron chi connectivity index (χ1n) is 13.2. The number of ether oxygens (including phenoxy) is 2. The zero-order valence-electron chi connectivity index (χ0n) is 22.8. The van der Waals surface area contributed by atoms with Gasteiger partial charge < -0.3 is 9.47 Å². The highest BCUT2D eigenvalue weighted by atomic mass is 32.2. The van der Waals surface area contributed by atoms with E-state index in [1.54, 1.807) is 18.3 Å². The van der Waals surface area contributed by atoms with E-state index in [-0.39, 0.29) is 29.0 Å². The van der Waals surface area contributed by atoms with Gasteiger partial charge in [0.25, 0.3) is 15.9 Å². The Balaban J connectivity index is 1.57. The molecule has 3 aromatic heterocycles. The topological polar surface area (TPSA) is 120 Å². The number of nitrogens with one attached hydrogen (secondary N) is 1. The first kappa shape index (κ1) is 29.6. The van der Waals surface area contributed by atoms with Crippen molar-refractivity contribution in [3.63, 3.8) is 0 Å². The molecule has 0 bridgehead atoms. The van der Waals surface area contributed by atoms with E-state index in [0.717, 1.165) is 18.5 Å². The van der Waals surface area contributed by atoms with Crippen LogP contribution in [0.4, 0.5) is 4.39 Å². The van der Waals surface area contributed by atoms with E-state index in [1.165, 1.54) is 42.6 Å². The van der Waals surface area contributed by atoms with Gasteiger partial charge in [-0.15, -0.1) is 0 Å². The lowest BCUT2D eigenvalue weighted by Gasteiger charge is -2.14. The molecule has 41 heavy (non-hydrogen) atoms. The maximum Gasteiger partial charge on any atom is 0.281 e. The molecule has 4 aromatic rings. The fourth-order valence-electron chi connectivity index (χ4n) is 3.80. The van der Waals surface area contributed by atoms with Crippen LogP contribution >= 0.6 is 0 Å². The second kappa shape index (κ2) is 13.8. The number of hydrogen-bond donors (Lipinski definition) is 1. The number of unbranched alkanes of at least 4 members (excludes halogenated alkanes) is 1. The number of amides is 1. The number of benzene rings is 1. The Morgan fingerprint density at radius 3 is 2.44 bits per heavy atom. The third-order valence-electron chi connectivity index (χ3n) is 5.79. The van der Waals surface area contributed by atoms with Crippen LogP contribution in [0.1, 0.15) is 42.7 Å². The minimum atomic E-state index is -4.24. The number of halogens is 1. The highest BCUT2D eigenvalue weighted by Crippen LogP contribution is 2.28. The molecule has 0 saturated heterocycles. The summed E-state index contributed by atoms with van der Waals surface area (Å²) in [4.78, 5) is 25.7. The first-order chi connectivity index (χ1) is 19.7. The zero-order valence-corrected chi connectivity index (χ0v) is 23.6. The SMILES string of the molecule is CC(C)COc1cc(F)cc(-c2ccc(C(=O)NS(=O)(=O)c3ccccn3)c(OCCCCc3ccccn3)n2)c1. The molecule has 3 heterocycles. The molecule has 0 atom stereocenters. The summed E-state index contributed by atoms with van der Waals surface area (Å²) in [6.07, 6.45) is 5.19. The number of rotatable bonds is 13. The number of hydrogen-bond acceptors (Lipinski definition) is 8. The van der Waals surface area contributed by atoms with Crippen LogP contribution in [0.2, 0.25) is 0 Å². The van der Waals surface area contributed by atoms with Gasteiger partial charge in [-0.3, -0.25) is 9.78 Å². The Labute approximate surface area is 238 Å². The highest BCUT2D eigenvalue weighted by molar-refractivity contribution is 7.90. The Morgan fingerprint density at radius 1 is 0.951 bits per heavy atom. The molecule has 214 valence electrons. The minimum Gasteiger partial charge on any atom is -0.493 e. The Bertz CT molecular complexity index is 1570. The third kappa shape index (κ3) is 8.55. The fraction of sp³-hybridized carbons (Fsp3) is 0.267. The maximum absolute atomic E-state index is 14.4. The average molecular weight is 579 g/mol. The van der Waals surface area contributed by atoms with E-state index >= 15 is 0 Å². The predicted molar refractivity (Wildman–Crippen MR) is 152 cm³/mol. The molecule has 1 N–H and O–H groups in total. The standard InChI is InChI=1S/C30H31FN4O5S/c1-21(2)20-40-25-18-22(17-23(31)19-25)27-13-12-26(29(36)35-41(37,38)28-11-4-7-15-33-28)30(34-27)39-16-8-5-10-24-9-3-6-14-32-24/h3-4,6-7,9,11-15,17-19,21H,5,8,10,16,20H2,1-2H3,(H,35,36). The van der Waals surface area contributed by atoms with Gasteiger partial charge in [-0.25, -0.2) is 19.1 Å². The van der Waals surface area contributed by atoms with Crippen LogP contribution in [0.25, 0.3) is 11.3 Å². The van der Waals surface area contributed by atoms with Gasteiger partial charge in [-0.1, -0.05) is 26.0 Å². The van der Waals surface area contributed by atoms with E-state index in [9.17, 15) is 17.6 Å². The van der Waals surface area contributed by atoms with Gasteiger partial charge in [0.2, 0.25) is 5.88 Å². The summed E-state index contributed by atoms with van der Waals surface area (Å²) < 4.78 is 53.5. The lowest BCUT2D eigenvalue weighted by Crippen LogP contribution is -2.31. The average Bonchev–Trinajstić information content (AvgIpc) is 2.96. The number of aryl methyl sites for hydroxylation is 1. The lowest BCUT2D eigenvalue weighted by molar-refractivity contribution is 0.0976. The van der Waals surface area contributed by atoms with Crippen LogP contribution in [0.3, 0.4) is 0 Å². The summed E-state index contributed by atoms with van der Waals surface area (Å²) in [5.41, 5.74) is 1.60. The first-order valence-corrected chi connectivity index (χ1v) is 14.7. The van der Waals surface area contributed by atoms with Crippen molar-refractivity contribution in [1.82, 2.24) is 19.7 Å². The van der Waals surface area contributed by atoms with E-state index < -0.39 is 21.7 Å². The summed E-state index contributed by atoms with van der Waals surface area (Å²) >= 11 is 0. The van der Waals surface area contributed by atoms with Crippen molar-refractivity contribution >= 4 is 15.9 Å². The van der Waals surface area contributed by atoms with Crippen molar-refractivity contribution in [2.75, 3.05) is 13.2 Å². The molecule has 0 saturated carbocycles. The predicted octanol–water partition coefficient (Wildman–Crippen LogP) is 5.23. The van der Waals surface area contributed by atoms with Gasteiger partial charge >= 0.3 is 0 Å². The van der Waals surface area contributed by atoms with Crippen LogP contribution in [0, 0.1) is 11.7 Å². The molecule has 0 fully saturated rings. The second-order valence-electron chi connectivity index (χ2n) is 9.66. The summed E-state index contributed by atoms with van der Waals surface area (Å²) in [6, 6.07) is 17.2. The third-order valence-corrected chi connectivity index (χ3v) is 7.03. The Morgan fingerprint density at radius 2 is 1.73 bits per heavy atom. The second-order valence-corrected chi connectivity index (χ2v) is 11.3. The van der Waals surface area contributed by atoms with Crippen molar-refractivity contribution < 1.29 is 27.1 Å². The van der Waals surface area contributed by atoms with Crippen LogP contribution in [-0.4, -0.2) is 42.5 Å². The zero-order chi connectivity index (χ0) is 29.2. The smallest absolute Gasteiger partial charge is 0.281 e. The maximum atomic E-state index is 14.4. The summed E-state index contributed by atoms with van der Waals surface area (Å²) in [5, 5.41) is -0.302. The van der Waals surface area contributed by atoms with E-state index in [1.807, 2.05) is 36.8 Å². The largest absolute Gasteiger partial charge is 0.493 e. The highest BCUT2D eigenvalue weighted by Gasteiger charge is 2.23. The molecule has 0 spiro atoms. The van der Waals surface area contributed by atoms with Crippen molar-refractivity contribution in [2.24, 2.45) is 5.92 Å². The lowest BCUT2D eigenvalue weighted by atomic mass is 10.1. The van der Waals surface area contributed by atoms with E-state index in [2.05, 4.69) is 15.0 Å². The molecule has 9 nitrogen and oxygen atoms in total. The van der Waals surface area contributed by atoms with Gasteiger partial charge in [0.05, 0.1) is 18.9 Å². The summed E-state index contributed by atoms with van der Waals surface area (Å²) in [7, 11) is -4.24. The van der Waals surface area contributed by atoms with Gasteiger partial charge in [0.1, 0.15) is 17.1 Å². The number of carbonyl (C=O) groups excluding carboxylic acids is 1. The molecule has 11 heteroatoms. The quantitative estimate of drug-likeness (QED) is 0.214. The molecule has 0 aliphatic carbocycles. The molecular formula is C30H31FN4O5S. The molecule has 4 rings (SSSR count). The molecule has 0 aliphatic heterocycles. The Kier molecular flexibility index (Phi) is 9.96. The van der Waals surface area contributed by atoms with E-state index in [4.69, 9.17) is 9.47 Å². The van der Waals surface area contributed by atoms with Crippen molar-refractivity contribution in [1.29, 1.82) is 0 Å². The number of carbonyl (C=O) groups is 1. The van der Waals surface area contributed by atoms with Gasteiger partial charge in [0.15, 0.2) is 5.03 Å². The molecule has 1 amide bonds. The molecular weight excluding hydrogens is 547 g/mol. The van der Waals surface area contributed by atoms with Gasteiger partial charge in [-0.05, 0) is 73.7 Å². The molecule has 1 aromatic carbocycles. The van der Waals surface area contributed by atoms with Crippen molar-refractivity contribution in [3.8, 4) is 22.9 Å².